The van der Waals surface area contributed by atoms with Gasteiger partial charge >= 0.3 is 0 Å². The molecule has 0 fully saturated rings. The van der Waals surface area contributed by atoms with Crippen molar-refractivity contribution in [1.29, 1.82) is 0 Å². The third-order valence-electron chi connectivity index (χ3n) is 1.31. The molecule has 1 radical (unpaired) electrons. The highest BCUT2D eigenvalue weighted by atomic mass is 19.1. The van der Waals surface area contributed by atoms with Gasteiger partial charge in [0.1, 0.15) is 11.6 Å². The summed E-state index contributed by atoms with van der Waals surface area (Å²) in [7, 11) is 1.49. The Morgan fingerprint density at radius 1 is 1.45 bits per heavy atom. The van der Waals surface area contributed by atoms with Crippen LogP contribution in [-0.4, -0.2) is 7.11 Å². The lowest BCUT2D eigenvalue weighted by Crippen LogP contribution is -1.85. The molecule has 0 aliphatic carbocycles. The van der Waals surface area contributed by atoms with Crippen LogP contribution in [0.25, 0.3) is 0 Å². The van der Waals surface area contributed by atoms with Gasteiger partial charge in [-0.2, -0.15) is 0 Å². The van der Waals surface area contributed by atoms with Gasteiger partial charge in [0, 0.05) is 6.07 Å². The standard InChI is InChI=1S/C9H8FO/c1-3-7-4-8(10)6-9(5-7)11-2/h4-6H,1H2,2H3. The predicted octanol–water partition coefficient (Wildman–Crippen LogP) is 2.17. The van der Waals surface area contributed by atoms with Gasteiger partial charge in [-0.1, -0.05) is 6.58 Å². The van der Waals surface area contributed by atoms with Crippen LogP contribution in [0.15, 0.2) is 24.8 Å². The van der Waals surface area contributed by atoms with Crippen molar-refractivity contribution in [3.63, 3.8) is 0 Å². The lowest BCUT2D eigenvalue weighted by Gasteiger charge is -2.00. The average Bonchev–Trinajstić information content (AvgIpc) is 2.03. The summed E-state index contributed by atoms with van der Waals surface area (Å²) < 4.78 is 17.5. The number of benzene rings is 1. The number of halogens is 1. The Morgan fingerprint density at radius 3 is 2.73 bits per heavy atom. The Kier molecular flexibility index (Phi) is 2.26. The van der Waals surface area contributed by atoms with E-state index in [0.717, 1.165) is 0 Å². The summed E-state index contributed by atoms with van der Waals surface area (Å²) in [6, 6.07) is 4.31. The van der Waals surface area contributed by atoms with Crippen LogP contribution in [0.2, 0.25) is 0 Å². The Hall–Kier alpha value is -1.31. The first kappa shape index (κ1) is 7.79. The first-order chi connectivity index (χ1) is 5.26. The van der Waals surface area contributed by atoms with E-state index in [4.69, 9.17) is 4.74 Å². The summed E-state index contributed by atoms with van der Waals surface area (Å²) in [5.41, 5.74) is 0.599. The third-order valence-corrected chi connectivity index (χ3v) is 1.31. The molecule has 0 atom stereocenters. The van der Waals surface area contributed by atoms with Crippen molar-refractivity contribution >= 4 is 0 Å². The smallest absolute Gasteiger partial charge is 0.127 e. The number of ether oxygens (including phenoxy) is 1. The van der Waals surface area contributed by atoms with Gasteiger partial charge in [0.15, 0.2) is 0 Å². The van der Waals surface area contributed by atoms with E-state index in [0.29, 0.717) is 11.3 Å². The van der Waals surface area contributed by atoms with Crippen molar-refractivity contribution in [1.82, 2.24) is 0 Å². The second kappa shape index (κ2) is 3.19. The van der Waals surface area contributed by atoms with Gasteiger partial charge in [-0.15, -0.1) is 0 Å². The van der Waals surface area contributed by atoms with E-state index < -0.39 is 0 Å². The molecule has 0 aliphatic rings. The fourth-order valence-corrected chi connectivity index (χ4v) is 0.783. The van der Waals surface area contributed by atoms with Gasteiger partial charge in [-0.05, 0) is 23.8 Å². The van der Waals surface area contributed by atoms with Crippen LogP contribution < -0.4 is 4.74 Å². The lowest BCUT2D eigenvalue weighted by molar-refractivity contribution is 0.411. The van der Waals surface area contributed by atoms with Crippen LogP contribution in [0.3, 0.4) is 0 Å². The molecule has 0 unspecified atom stereocenters. The Balaban J connectivity index is 3.11. The zero-order chi connectivity index (χ0) is 8.27. The lowest BCUT2D eigenvalue weighted by atomic mass is 10.2. The minimum Gasteiger partial charge on any atom is -0.497 e. The van der Waals surface area contributed by atoms with E-state index in [1.54, 1.807) is 6.07 Å². The van der Waals surface area contributed by atoms with Crippen molar-refractivity contribution in [2.75, 3.05) is 7.11 Å². The van der Waals surface area contributed by atoms with Crippen LogP contribution in [-0.2, 0) is 0 Å². The van der Waals surface area contributed by atoms with Crippen molar-refractivity contribution in [3.05, 3.63) is 42.2 Å². The van der Waals surface area contributed by atoms with E-state index in [-0.39, 0.29) is 5.82 Å². The molecule has 57 valence electrons. The fraction of sp³-hybridized carbons (Fsp3) is 0.111. The maximum Gasteiger partial charge on any atom is 0.127 e. The molecule has 2 heteroatoms. The maximum absolute atomic E-state index is 12.7. The van der Waals surface area contributed by atoms with Gasteiger partial charge < -0.3 is 4.74 Å². The topological polar surface area (TPSA) is 9.23 Å². The van der Waals surface area contributed by atoms with E-state index in [9.17, 15) is 4.39 Å². The van der Waals surface area contributed by atoms with Crippen LogP contribution in [0, 0.1) is 11.9 Å². The molecule has 1 nitrogen and oxygen atoms in total. The summed E-state index contributed by atoms with van der Waals surface area (Å²) >= 11 is 0. The molecule has 11 heavy (non-hydrogen) atoms. The largest absolute Gasteiger partial charge is 0.497 e. The third kappa shape index (κ3) is 1.80. The molecule has 0 saturated heterocycles. The first-order valence-electron chi connectivity index (χ1n) is 3.14. The summed E-state index contributed by atoms with van der Waals surface area (Å²) in [4.78, 5) is 0. The van der Waals surface area contributed by atoms with Gasteiger partial charge in [0.25, 0.3) is 0 Å². The van der Waals surface area contributed by atoms with E-state index in [2.05, 4.69) is 12.7 Å². The molecule has 0 aliphatic heterocycles. The van der Waals surface area contributed by atoms with Gasteiger partial charge in [0.2, 0.25) is 0 Å². The van der Waals surface area contributed by atoms with Crippen LogP contribution in [0.5, 0.6) is 5.75 Å². The number of rotatable bonds is 2. The molecule has 1 aromatic rings. The Labute approximate surface area is 65.1 Å². The number of hydrogen-bond donors (Lipinski definition) is 0. The molecule has 0 bridgehead atoms. The second-order valence-corrected chi connectivity index (χ2v) is 2.06. The van der Waals surface area contributed by atoms with E-state index in [1.807, 2.05) is 0 Å². The maximum atomic E-state index is 12.7. The van der Waals surface area contributed by atoms with Gasteiger partial charge in [-0.3, -0.25) is 0 Å². The van der Waals surface area contributed by atoms with Crippen molar-refractivity contribution in [3.8, 4) is 5.75 Å². The molecule has 1 aromatic carbocycles. The summed E-state index contributed by atoms with van der Waals surface area (Å²) in [6.07, 6.45) is 2.57. The van der Waals surface area contributed by atoms with Gasteiger partial charge in [-0.25, -0.2) is 4.39 Å². The zero-order valence-corrected chi connectivity index (χ0v) is 6.23. The number of hydrogen-bond acceptors (Lipinski definition) is 1. The monoisotopic (exact) mass is 151 g/mol. The summed E-state index contributed by atoms with van der Waals surface area (Å²) in [6.45, 7) is 3.40. The fourth-order valence-electron chi connectivity index (χ4n) is 0.783. The molecule has 0 amide bonds. The average molecular weight is 151 g/mol. The number of methoxy groups -OCH3 is 1. The predicted molar refractivity (Wildman–Crippen MR) is 40.9 cm³/mol. The molecule has 0 heterocycles. The molecule has 0 aromatic heterocycles. The zero-order valence-electron chi connectivity index (χ0n) is 6.23. The quantitative estimate of drug-likeness (QED) is 0.629. The highest BCUT2D eigenvalue weighted by Crippen LogP contribution is 2.15. The summed E-state index contributed by atoms with van der Waals surface area (Å²) in [5.74, 6) is 0.145. The molecule has 0 saturated carbocycles. The van der Waals surface area contributed by atoms with Crippen LogP contribution in [0.4, 0.5) is 4.39 Å². The van der Waals surface area contributed by atoms with Crippen LogP contribution in [0.1, 0.15) is 5.56 Å². The highest BCUT2D eigenvalue weighted by Gasteiger charge is 1.96. The van der Waals surface area contributed by atoms with E-state index >= 15 is 0 Å². The minimum atomic E-state index is -0.337. The van der Waals surface area contributed by atoms with Crippen molar-refractivity contribution < 1.29 is 9.13 Å². The molecular formula is C9H8FO. The highest BCUT2D eigenvalue weighted by molar-refractivity contribution is 5.32. The first-order valence-corrected chi connectivity index (χ1v) is 3.14. The molecule has 1 rings (SSSR count). The van der Waals surface area contributed by atoms with Gasteiger partial charge in [0.05, 0.1) is 7.11 Å². The van der Waals surface area contributed by atoms with Crippen molar-refractivity contribution in [2.24, 2.45) is 0 Å². The Bertz CT molecular complexity index is 268. The molecular weight excluding hydrogens is 143 g/mol. The van der Waals surface area contributed by atoms with Crippen LogP contribution >= 0.6 is 0 Å². The summed E-state index contributed by atoms with van der Waals surface area (Å²) in [5, 5.41) is 0. The van der Waals surface area contributed by atoms with Crippen molar-refractivity contribution in [2.45, 2.75) is 0 Å². The SMILES string of the molecule is C=[C]c1cc(F)cc(OC)c1. The second-order valence-electron chi connectivity index (χ2n) is 2.06. The van der Waals surface area contributed by atoms with E-state index in [1.165, 1.54) is 19.2 Å². The Morgan fingerprint density at radius 2 is 2.18 bits per heavy atom. The molecule has 0 N–H and O–H groups in total. The minimum absolute atomic E-state index is 0.337. The molecule has 0 spiro atoms. The normalized spacial score (nSPS) is 9.27.